The van der Waals surface area contributed by atoms with Crippen molar-refractivity contribution in [1.82, 2.24) is 4.90 Å². The Morgan fingerprint density at radius 1 is 0.939 bits per heavy atom. The predicted octanol–water partition coefficient (Wildman–Crippen LogP) is 5.59. The molecule has 164 valence electrons. The van der Waals surface area contributed by atoms with Crippen LogP contribution in [0.1, 0.15) is 33.5 Å². The minimum Gasteiger partial charge on any atom is -0.324 e. The van der Waals surface area contributed by atoms with Gasteiger partial charge in [-0.15, -0.1) is 11.3 Å². The Hall–Kier alpha value is -3.77. The first-order valence-corrected chi connectivity index (χ1v) is 11.5. The number of halogens is 1. The van der Waals surface area contributed by atoms with E-state index in [4.69, 9.17) is 0 Å². The molecule has 2 amide bonds. The molecule has 0 fully saturated rings. The van der Waals surface area contributed by atoms with E-state index in [-0.39, 0.29) is 18.4 Å². The van der Waals surface area contributed by atoms with Gasteiger partial charge in [-0.3, -0.25) is 9.59 Å². The van der Waals surface area contributed by atoms with E-state index in [0.29, 0.717) is 11.3 Å². The van der Waals surface area contributed by atoms with Crippen molar-refractivity contribution in [2.75, 3.05) is 11.9 Å². The van der Waals surface area contributed by atoms with Gasteiger partial charge >= 0.3 is 0 Å². The van der Waals surface area contributed by atoms with Gasteiger partial charge in [-0.1, -0.05) is 66.7 Å². The monoisotopic (exact) mass is 456 g/mol. The van der Waals surface area contributed by atoms with Crippen molar-refractivity contribution in [3.05, 3.63) is 124 Å². The van der Waals surface area contributed by atoms with Crippen LogP contribution in [-0.2, 0) is 9.59 Å². The summed E-state index contributed by atoms with van der Waals surface area (Å²) < 4.78 is 14.3. The van der Waals surface area contributed by atoms with Gasteiger partial charge in [-0.2, -0.15) is 0 Å². The molecular weight excluding hydrogens is 435 g/mol. The molecule has 2 heterocycles. The summed E-state index contributed by atoms with van der Waals surface area (Å²) in [6.45, 7) is -0.131. The molecule has 0 bridgehead atoms. The second-order valence-electron chi connectivity index (χ2n) is 7.92. The van der Waals surface area contributed by atoms with Gasteiger partial charge in [0.25, 0.3) is 0 Å². The van der Waals surface area contributed by atoms with E-state index in [1.54, 1.807) is 11.0 Å². The predicted molar refractivity (Wildman–Crippen MR) is 128 cm³/mol. The normalized spacial score (nSPS) is 15.6. The van der Waals surface area contributed by atoms with Crippen molar-refractivity contribution in [3.8, 4) is 0 Å². The third-order valence-electron chi connectivity index (χ3n) is 5.82. The topological polar surface area (TPSA) is 49.4 Å². The molecule has 1 aromatic heterocycles. The number of nitrogens with zero attached hydrogens (tertiary/aromatic N) is 1. The minimum atomic E-state index is -0.599. The molecule has 0 saturated heterocycles. The summed E-state index contributed by atoms with van der Waals surface area (Å²) in [6, 6.07) is 26.6. The van der Waals surface area contributed by atoms with Crippen molar-refractivity contribution >= 4 is 28.8 Å². The Labute approximate surface area is 195 Å². The minimum absolute atomic E-state index is 0.131. The molecule has 0 aliphatic carbocycles. The van der Waals surface area contributed by atoms with Crippen LogP contribution >= 0.6 is 11.3 Å². The molecule has 4 nitrogen and oxygen atoms in total. The van der Waals surface area contributed by atoms with Crippen LogP contribution in [0.3, 0.4) is 0 Å². The summed E-state index contributed by atoms with van der Waals surface area (Å²) in [5, 5.41) is 4.77. The fourth-order valence-corrected chi connectivity index (χ4v) is 5.23. The number of rotatable bonds is 4. The molecule has 0 saturated carbocycles. The molecule has 1 aliphatic rings. The molecule has 0 spiro atoms. The maximum Gasteiger partial charge on any atom is 0.244 e. The number of fused-ring (bicyclic) bond motifs is 1. The SMILES string of the molecule is O=C1CN(C(=O)C(c2ccccc2)c2ccccc2)C(c2cccs2)c2cc(F)ccc2N1. The van der Waals surface area contributed by atoms with Crippen LogP contribution in [-0.4, -0.2) is 23.3 Å². The Balaban J connectivity index is 1.67. The summed E-state index contributed by atoms with van der Waals surface area (Å²) in [7, 11) is 0. The van der Waals surface area contributed by atoms with E-state index < -0.39 is 17.8 Å². The van der Waals surface area contributed by atoms with Gasteiger partial charge in [0.2, 0.25) is 11.8 Å². The molecule has 1 N–H and O–H groups in total. The van der Waals surface area contributed by atoms with Gasteiger partial charge in [0.05, 0.1) is 12.0 Å². The van der Waals surface area contributed by atoms with Crippen molar-refractivity contribution in [1.29, 1.82) is 0 Å². The second-order valence-corrected chi connectivity index (χ2v) is 8.90. The molecule has 1 unspecified atom stereocenters. The molecule has 1 atom stereocenters. The van der Waals surface area contributed by atoms with E-state index >= 15 is 0 Å². The number of carbonyl (C=O) groups excluding carboxylic acids is 2. The number of thiophene rings is 1. The maximum atomic E-state index is 14.3. The maximum absolute atomic E-state index is 14.3. The molecular formula is C27H21FN2O2S. The zero-order chi connectivity index (χ0) is 22.8. The fraction of sp³-hybridized carbons (Fsp3) is 0.111. The van der Waals surface area contributed by atoms with Crippen molar-refractivity contribution < 1.29 is 14.0 Å². The smallest absolute Gasteiger partial charge is 0.244 e. The largest absolute Gasteiger partial charge is 0.324 e. The second kappa shape index (κ2) is 9.00. The number of hydrogen-bond donors (Lipinski definition) is 1. The van der Waals surface area contributed by atoms with Gasteiger partial charge in [0.15, 0.2) is 0 Å². The van der Waals surface area contributed by atoms with E-state index in [1.807, 2.05) is 78.2 Å². The molecule has 6 heteroatoms. The highest BCUT2D eigenvalue weighted by molar-refractivity contribution is 7.10. The number of hydrogen-bond acceptors (Lipinski definition) is 3. The average Bonchev–Trinajstić information content (AvgIpc) is 3.31. The fourth-order valence-electron chi connectivity index (χ4n) is 4.37. The summed E-state index contributed by atoms with van der Waals surface area (Å²) in [6.07, 6.45) is 0. The third kappa shape index (κ3) is 4.17. The van der Waals surface area contributed by atoms with E-state index in [0.717, 1.165) is 16.0 Å². The van der Waals surface area contributed by atoms with Crippen LogP contribution in [0, 0.1) is 5.82 Å². The zero-order valence-corrected chi connectivity index (χ0v) is 18.5. The van der Waals surface area contributed by atoms with Crippen molar-refractivity contribution in [3.63, 3.8) is 0 Å². The molecule has 3 aromatic carbocycles. The van der Waals surface area contributed by atoms with Crippen LogP contribution in [0.2, 0.25) is 0 Å². The molecule has 5 rings (SSSR count). The van der Waals surface area contributed by atoms with Crippen LogP contribution < -0.4 is 5.32 Å². The van der Waals surface area contributed by atoms with Gasteiger partial charge in [0, 0.05) is 16.1 Å². The lowest BCUT2D eigenvalue weighted by atomic mass is 9.89. The Morgan fingerprint density at radius 2 is 1.61 bits per heavy atom. The lowest BCUT2D eigenvalue weighted by molar-refractivity contribution is -0.136. The van der Waals surface area contributed by atoms with Crippen molar-refractivity contribution in [2.45, 2.75) is 12.0 Å². The summed E-state index contributed by atoms with van der Waals surface area (Å²) in [5.41, 5.74) is 2.76. The number of anilines is 1. The van der Waals surface area contributed by atoms with Gasteiger partial charge in [-0.05, 0) is 40.8 Å². The first-order valence-electron chi connectivity index (χ1n) is 10.6. The first kappa shape index (κ1) is 21.1. The highest BCUT2D eigenvalue weighted by Crippen LogP contribution is 2.40. The van der Waals surface area contributed by atoms with Gasteiger partial charge < -0.3 is 10.2 Å². The zero-order valence-electron chi connectivity index (χ0n) is 17.6. The highest BCUT2D eigenvalue weighted by Gasteiger charge is 2.38. The van der Waals surface area contributed by atoms with E-state index in [9.17, 15) is 14.0 Å². The number of benzene rings is 3. The number of carbonyl (C=O) groups is 2. The van der Waals surface area contributed by atoms with Crippen LogP contribution in [0.15, 0.2) is 96.4 Å². The van der Waals surface area contributed by atoms with Gasteiger partial charge in [-0.25, -0.2) is 4.39 Å². The Morgan fingerprint density at radius 3 is 2.21 bits per heavy atom. The Kier molecular flexibility index (Phi) is 5.75. The van der Waals surface area contributed by atoms with Crippen LogP contribution in [0.5, 0.6) is 0 Å². The molecule has 4 aromatic rings. The van der Waals surface area contributed by atoms with Gasteiger partial charge in [0.1, 0.15) is 12.4 Å². The molecule has 0 radical (unpaired) electrons. The van der Waals surface area contributed by atoms with Crippen LogP contribution in [0.25, 0.3) is 0 Å². The standard InChI is InChI=1S/C27H21FN2O2S/c28-20-13-14-22-21(16-20)26(23-12-7-15-33-23)30(17-24(31)29-22)27(32)25(18-8-3-1-4-9-18)19-10-5-2-6-11-19/h1-16,25-26H,17H2,(H,29,31). The lowest BCUT2D eigenvalue weighted by Crippen LogP contribution is -2.41. The quantitative estimate of drug-likeness (QED) is 0.435. The highest BCUT2D eigenvalue weighted by atomic mass is 32.1. The third-order valence-corrected chi connectivity index (χ3v) is 6.74. The lowest BCUT2D eigenvalue weighted by Gasteiger charge is -2.33. The summed E-state index contributed by atoms with van der Waals surface area (Å²) >= 11 is 1.48. The summed E-state index contributed by atoms with van der Waals surface area (Å²) in [5.74, 6) is -1.53. The van der Waals surface area contributed by atoms with Crippen molar-refractivity contribution in [2.24, 2.45) is 0 Å². The average molecular weight is 457 g/mol. The first-order chi connectivity index (χ1) is 16.1. The van der Waals surface area contributed by atoms with E-state index in [2.05, 4.69) is 5.32 Å². The molecule has 33 heavy (non-hydrogen) atoms. The Bertz CT molecular complexity index is 1240. The molecule has 1 aliphatic heterocycles. The summed E-state index contributed by atoms with van der Waals surface area (Å²) in [4.78, 5) is 29.6. The van der Waals surface area contributed by atoms with E-state index in [1.165, 1.54) is 23.5 Å². The number of amides is 2. The number of nitrogens with one attached hydrogen (secondary N) is 1. The van der Waals surface area contributed by atoms with Crippen LogP contribution in [0.4, 0.5) is 10.1 Å².